The van der Waals surface area contributed by atoms with Crippen LogP contribution in [0.15, 0.2) is 59.0 Å². The number of esters is 1. The van der Waals surface area contributed by atoms with Crippen molar-refractivity contribution < 1.29 is 18.7 Å². The smallest absolute Gasteiger partial charge is 0.331 e. The van der Waals surface area contributed by atoms with Gasteiger partial charge < -0.3 is 14.1 Å². The molecule has 4 rings (SSSR count). The van der Waals surface area contributed by atoms with Crippen LogP contribution in [-0.4, -0.2) is 41.5 Å². The number of rotatable bonds is 5. The molecule has 0 N–H and O–H groups in total. The summed E-state index contributed by atoms with van der Waals surface area (Å²) in [6.07, 6.45) is 4.58. The highest BCUT2D eigenvalue weighted by molar-refractivity contribution is 5.89. The Hall–Kier alpha value is -3.41. The summed E-state index contributed by atoms with van der Waals surface area (Å²) in [5, 5.41) is 0. The maximum absolute atomic E-state index is 12.4. The van der Waals surface area contributed by atoms with Gasteiger partial charge in [0.1, 0.15) is 5.52 Å². The number of hydrogen-bond acceptors (Lipinski definition) is 5. The number of carbonyl (C=O) groups is 2. The van der Waals surface area contributed by atoms with Gasteiger partial charge in [0.2, 0.25) is 0 Å². The number of nitrogens with zero attached hydrogens (tertiary/aromatic N) is 2. The number of hydrogen-bond donors (Lipinski definition) is 0. The zero-order valence-corrected chi connectivity index (χ0v) is 16.9. The van der Waals surface area contributed by atoms with E-state index in [-0.39, 0.29) is 18.4 Å². The van der Waals surface area contributed by atoms with Gasteiger partial charge in [-0.25, -0.2) is 9.78 Å². The number of para-hydroxylation sites is 2. The van der Waals surface area contributed by atoms with Gasteiger partial charge in [-0.15, -0.1) is 0 Å². The molecule has 30 heavy (non-hydrogen) atoms. The highest BCUT2D eigenvalue weighted by Crippen LogP contribution is 2.29. The summed E-state index contributed by atoms with van der Waals surface area (Å²) in [5.74, 6) is 0.228. The SMILES string of the molecule is Cc1ccc(/C=C/C(=O)OCC(=O)N2CCC(c3nc4ccccc4o3)CC2)cc1. The fourth-order valence-electron chi connectivity index (χ4n) is 3.55. The number of likely N-dealkylation sites (tertiary alicyclic amines) is 1. The van der Waals surface area contributed by atoms with Crippen LogP contribution < -0.4 is 0 Å². The highest BCUT2D eigenvalue weighted by atomic mass is 16.5. The average molecular weight is 404 g/mol. The Morgan fingerprint density at radius 2 is 1.87 bits per heavy atom. The first-order valence-corrected chi connectivity index (χ1v) is 10.1. The second-order valence-electron chi connectivity index (χ2n) is 7.53. The number of benzene rings is 2. The van der Waals surface area contributed by atoms with Crippen molar-refractivity contribution in [2.24, 2.45) is 0 Å². The molecule has 154 valence electrons. The summed E-state index contributed by atoms with van der Waals surface area (Å²) < 4.78 is 11.0. The van der Waals surface area contributed by atoms with E-state index in [4.69, 9.17) is 9.15 Å². The molecular formula is C24H24N2O4. The van der Waals surface area contributed by atoms with Crippen molar-refractivity contribution in [1.82, 2.24) is 9.88 Å². The van der Waals surface area contributed by atoms with Crippen LogP contribution in [0, 0.1) is 6.92 Å². The average Bonchev–Trinajstić information content (AvgIpc) is 3.21. The van der Waals surface area contributed by atoms with E-state index in [2.05, 4.69) is 4.98 Å². The predicted molar refractivity (Wildman–Crippen MR) is 114 cm³/mol. The molecule has 2 aromatic carbocycles. The first-order valence-electron chi connectivity index (χ1n) is 10.1. The zero-order valence-electron chi connectivity index (χ0n) is 16.9. The van der Waals surface area contributed by atoms with Gasteiger partial charge in [-0.2, -0.15) is 0 Å². The van der Waals surface area contributed by atoms with Crippen molar-refractivity contribution in [2.45, 2.75) is 25.7 Å². The molecule has 1 aliphatic heterocycles. The molecule has 2 heterocycles. The lowest BCUT2D eigenvalue weighted by molar-refractivity contribution is -0.148. The Morgan fingerprint density at radius 1 is 1.13 bits per heavy atom. The van der Waals surface area contributed by atoms with Crippen LogP contribution in [0.3, 0.4) is 0 Å². The number of amides is 1. The molecule has 0 spiro atoms. The molecule has 1 fully saturated rings. The highest BCUT2D eigenvalue weighted by Gasteiger charge is 2.27. The van der Waals surface area contributed by atoms with Gasteiger partial charge in [-0.3, -0.25) is 4.79 Å². The van der Waals surface area contributed by atoms with Crippen LogP contribution in [0.1, 0.15) is 35.8 Å². The second-order valence-corrected chi connectivity index (χ2v) is 7.53. The molecule has 0 saturated carbocycles. The van der Waals surface area contributed by atoms with Crippen LogP contribution in [0.2, 0.25) is 0 Å². The molecule has 0 unspecified atom stereocenters. The fraction of sp³-hybridized carbons (Fsp3) is 0.292. The Labute approximate surface area is 175 Å². The molecule has 0 aliphatic carbocycles. The zero-order chi connectivity index (χ0) is 20.9. The van der Waals surface area contributed by atoms with Gasteiger partial charge in [-0.05, 0) is 43.5 Å². The molecule has 1 amide bonds. The van der Waals surface area contributed by atoms with Gasteiger partial charge in [0.25, 0.3) is 5.91 Å². The number of ether oxygens (including phenoxy) is 1. The van der Waals surface area contributed by atoms with E-state index in [1.165, 1.54) is 6.08 Å². The molecule has 1 aromatic heterocycles. The van der Waals surface area contributed by atoms with E-state index in [0.717, 1.165) is 41.0 Å². The van der Waals surface area contributed by atoms with Crippen LogP contribution in [-0.2, 0) is 14.3 Å². The van der Waals surface area contributed by atoms with Gasteiger partial charge in [0, 0.05) is 25.1 Å². The maximum atomic E-state index is 12.4. The van der Waals surface area contributed by atoms with Gasteiger partial charge in [-0.1, -0.05) is 42.0 Å². The number of aromatic nitrogens is 1. The number of carbonyl (C=O) groups excluding carboxylic acids is 2. The fourth-order valence-corrected chi connectivity index (χ4v) is 3.55. The van der Waals surface area contributed by atoms with E-state index in [1.807, 2.05) is 55.5 Å². The molecule has 3 aromatic rings. The lowest BCUT2D eigenvalue weighted by Gasteiger charge is -2.30. The molecule has 0 radical (unpaired) electrons. The summed E-state index contributed by atoms with van der Waals surface area (Å²) in [5.41, 5.74) is 3.71. The molecule has 6 nitrogen and oxygen atoms in total. The Morgan fingerprint density at radius 3 is 2.60 bits per heavy atom. The standard InChI is InChI=1S/C24H24N2O4/c1-17-6-8-18(9-7-17)10-11-23(28)29-16-22(27)26-14-12-19(13-15-26)24-25-20-4-2-3-5-21(20)30-24/h2-11,19H,12-16H2,1H3/b11-10+. The van der Waals surface area contributed by atoms with Crippen LogP contribution in [0.5, 0.6) is 0 Å². The second kappa shape index (κ2) is 8.95. The molecular weight excluding hydrogens is 380 g/mol. The number of oxazole rings is 1. The Balaban J connectivity index is 1.24. The normalized spacial score (nSPS) is 15.0. The quantitative estimate of drug-likeness (QED) is 0.473. The maximum Gasteiger partial charge on any atom is 0.331 e. The third-order valence-corrected chi connectivity index (χ3v) is 5.33. The largest absolute Gasteiger partial charge is 0.452 e. The van der Waals surface area contributed by atoms with Crippen molar-refractivity contribution in [1.29, 1.82) is 0 Å². The first kappa shape index (κ1) is 19.9. The molecule has 0 atom stereocenters. The van der Waals surface area contributed by atoms with Gasteiger partial charge >= 0.3 is 5.97 Å². The summed E-state index contributed by atoms with van der Waals surface area (Å²) >= 11 is 0. The molecule has 6 heteroatoms. The molecule has 1 saturated heterocycles. The van der Waals surface area contributed by atoms with Crippen molar-refractivity contribution >= 4 is 29.1 Å². The summed E-state index contributed by atoms with van der Waals surface area (Å²) in [4.78, 5) is 30.6. The number of aryl methyl sites for hydroxylation is 1. The lowest BCUT2D eigenvalue weighted by atomic mass is 9.97. The summed E-state index contributed by atoms with van der Waals surface area (Å²) in [6.45, 7) is 2.95. The Kier molecular flexibility index (Phi) is 5.93. The third kappa shape index (κ3) is 4.76. The third-order valence-electron chi connectivity index (χ3n) is 5.33. The minimum atomic E-state index is -0.523. The van der Waals surface area contributed by atoms with E-state index < -0.39 is 5.97 Å². The first-order chi connectivity index (χ1) is 14.6. The molecule has 0 bridgehead atoms. The number of piperidine rings is 1. The minimum Gasteiger partial charge on any atom is -0.452 e. The van der Waals surface area contributed by atoms with Crippen molar-refractivity contribution in [3.8, 4) is 0 Å². The lowest BCUT2D eigenvalue weighted by Crippen LogP contribution is -2.40. The monoisotopic (exact) mass is 404 g/mol. The molecule has 1 aliphatic rings. The van der Waals surface area contributed by atoms with Crippen LogP contribution in [0.25, 0.3) is 17.2 Å². The van der Waals surface area contributed by atoms with Crippen LogP contribution in [0.4, 0.5) is 0 Å². The summed E-state index contributed by atoms with van der Waals surface area (Å²) in [7, 11) is 0. The van der Waals surface area contributed by atoms with E-state index >= 15 is 0 Å². The van der Waals surface area contributed by atoms with Gasteiger partial charge in [0.05, 0.1) is 0 Å². The van der Waals surface area contributed by atoms with Crippen molar-refractivity contribution in [2.75, 3.05) is 19.7 Å². The number of fused-ring (bicyclic) bond motifs is 1. The van der Waals surface area contributed by atoms with Gasteiger partial charge in [0.15, 0.2) is 18.1 Å². The summed E-state index contributed by atoms with van der Waals surface area (Å²) in [6, 6.07) is 15.5. The van der Waals surface area contributed by atoms with E-state index in [1.54, 1.807) is 11.0 Å². The van der Waals surface area contributed by atoms with Crippen molar-refractivity contribution in [3.63, 3.8) is 0 Å². The van der Waals surface area contributed by atoms with Crippen LogP contribution >= 0.6 is 0 Å². The Bertz CT molecular complexity index is 1030. The van der Waals surface area contributed by atoms with E-state index in [9.17, 15) is 9.59 Å². The predicted octanol–water partition coefficient (Wildman–Crippen LogP) is 4.10. The van der Waals surface area contributed by atoms with E-state index in [0.29, 0.717) is 13.1 Å². The minimum absolute atomic E-state index is 0.178. The topological polar surface area (TPSA) is 72.6 Å². The van der Waals surface area contributed by atoms with Crippen molar-refractivity contribution in [3.05, 3.63) is 71.6 Å².